The van der Waals surface area contributed by atoms with Crippen LogP contribution >= 0.6 is 11.6 Å². The molecule has 32 heavy (non-hydrogen) atoms. The van der Waals surface area contributed by atoms with Crippen LogP contribution in [0.15, 0.2) is 41.3 Å². The molecule has 7 nitrogen and oxygen atoms in total. The third kappa shape index (κ3) is 5.49. The Labute approximate surface area is 193 Å². The highest BCUT2D eigenvalue weighted by Crippen LogP contribution is 2.28. The molecule has 2 aromatic rings. The number of esters is 1. The number of hydrogen-bond acceptors (Lipinski definition) is 5. The number of sulfonamides is 1. The summed E-state index contributed by atoms with van der Waals surface area (Å²) < 4.78 is 32.6. The molecule has 172 valence electrons. The molecule has 1 N–H and O–H groups in total. The van der Waals surface area contributed by atoms with Gasteiger partial charge in [-0.25, -0.2) is 13.2 Å². The minimum atomic E-state index is -3.68. The lowest BCUT2D eigenvalue weighted by molar-refractivity contribution is -0.123. The molecule has 1 fully saturated rings. The van der Waals surface area contributed by atoms with Gasteiger partial charge in [-0.05, 0) is 75.1 Å². The summed E-state index contributed by atoms with van der Waals surface area (Å²) in [5.41, 5.74) is 2.47. The number of rotatable bonds is 6. The summed E-state index contributed by atoms with van der Waals surface area (Å²) in [7, 11) is -3.68. The maximum absolute atomic E-state index is 12.9. The zero-order chi connectivity index (χ0) is 23.5. The second-order valence-corrected chi connectivity index (χ2v) is 10.3. The number of halogens is 1. The van der Waals surface area contributed by atoms with Gasteiger partial charge in [0.1, 0.15) is 0 Å². The van der Waals surface area contributed by atoms with E-state index in [0.717, 1.165) is 30.4 Å². The van der Waals surface area contributed by atoms with E-state index in [1.165, 1.54) is 29.4 Å². The van der Waals surface area contributed by atoms with E-state index in [1.54, 1.807) is 12.1 Å². The molecule has 0 bridgehead atoms. The molecule has 2 aromatic carbocycles. The van der Waals surface area contributed by atoms with Crippen molar-refractivity contribution in [2.75, 3.05) is 18.4 Å². The quantitative estimate of drug-likeness (QED) is 0.624. The monoisotopic (exact) mass is 478 g/mol. The highest BCUT2D eigenvalue weighted by Gasteiger charge is 2.27. The number of anilines is 1. The minimum Gasteiger partial charge on any atom is -0.449 e. The molecule has 1 heterocycles. The lowest BCUT2D eigenvalue weighted by Gasteiger charge is -2.26. The summed E-state index contributed by atoms with van der Waals surface area (Å²) in [5.74, 6) is -1.24. The zero-order valence-electron chi connectivity index (χ0n) is 18.4. The van der Waals surface area contributed by atoms with Gasteiger partial charge in [0.05, 0.1) is 21.2 Å². The van der Waals surface area contributed by atoms with Gasteiger partial charge in [0.15, 0.2) is 6.10 Å². The lowest BCUT2D eigenvalue weighted by atomic mass is 10.1. The van der Waals surface area contributed by atoms with Crippen molar-refractivity contribution in [3.05, 3.63) is 58.1 Å². The number of hydrogen-bond donors (Lipinski definition) is 1. The number of amides is 1. The molecule has 1 atom stereocenters. The van der Waals surface area contributed by atoms with Crippen LogP contribution in [-0.2, 0) is 19.6 Å². The highest BCUT2D eigenvalue weighted by molar-refractivity contribution is 7.89. The molecule has 0 aromatic heterocycles. The number of aryl methyl sites for hydroxylation is 2. The Kier molecular flexibility index (Phi) is 7.59. The van der Waals surface area contributed by atoms with Gasteiger partial charge < -0.3 is 10.1 Å². The van der Waals surface area contributed by atoms with Crippen molar-refractivity contribution in [1.29, 1.82) is 0 Å². The van der Waals surface area contributed by atoms with Gasteiger partial charge in [0.25, 0.3) is 5.91 Å². The van der Waals surface area contributed by atoms with E-state index in [0.29, 0.717) is 18.7 Å². The largest absolute Gasteiger partial charge is 0.449 e. The topological polar surface area (TPSA) is 92.8 Å². The molecule has 1 saturated heterocycles. The Morgan fingerprint density at radius 3 is 2.38 bits per heavy atom. The Morgan fingerprint density at radius 1 is 1.03 bits per heavy atom. The molecule has 0 saturated carbocycles. The van der Waals surface area contributed by atoms with Crippen LogP contribution in [0, 0.1) is 13.8 Å². The van der Waals surface area contributed by atoms with Gasteiger partial charge in [-0.3, -0.25) is 4.79 Å². The van der Waals surface area contributed by atoms with Gasteiger partial charge >= 0.3 is 5.97 Å². The predicted octanol–water partition coefficient (Wildman–Crippen LogP) is 4.32. The van der Waals surface area contributed by atoms with Gasteiger partial charge in [-0.1, -0.05) is 24.1 Å². The standard InChI is InChI=1S/C23H27ClN2O5S/c1-15-7-8-18(13-16(15)2)23(28)31-17(3)22(27)25-21-14-19(9-10-20(21)24)32(29,30)26-11-5-4-6-12-26/h7-10,13-14,17H,4-6,11-12H2,1-3H3,(H,25,27)/t17-/m0/s1. The molecular formula is C23H27ClN2O5S. The summed E-state index contributed by atoms with van der Waals surface area (Å²) in [4.78, 5) is 25.1. The van der Waals surface area contributed by atoms with Gasteiger partial charge in [0.2, 0.25) is 10.0 Å². The summed E-state index contributed by atoms with van der Waals surface area (Å²) >= 11 is 6.18. The first-order valence-corrected chi connectivity index (χ1v) is 12.3. The van der Waals surface area contributed by atoms with Crippen LogP contribution in [0.4, 0.5) is 5.69 Å². The van der Waals surface area contributed by atoms with Crippen LogP contribution in [0.25, 0.3) is 0 Å². The van der Waals surface area contributed by atoms with Crippen LogP contribution in [0.3, 0.4) is 0 Å². The van der Waals surface area contributed by atoms with Crippen LogP contribution in [0.1, 0.15) is 47.7 Å². The maximum atomic E-state index is 12.9. The second-order valence-electron chi connectivity index (χ2n) is 7.94. The Hall–Kier alpha value is -2.42. The van der Waals surface area contributed by atoms with E-state index < -0.39 is 28.0 Å². The molecular weight excluding hydrogens is 452 g/mol. The third-order valence-electron chi connectivity index (χ3n) is 5.54. The van der Waals surface area contributed by atoms with Crippen molar-refractivity contribution in [2.45, 2.75) is 51.0 Å². The SMILES string of the molecule is Cc1ccc(C(=O)O[C@@H](C)C(=O)Nc2cc(S(=O)(=O)N3CCCCC3)ccc2Cl)cc1C. The molecule has 0 unspecified atom stereocenters. The van der Waals surface area contributed by atoms with Crippen LogP contribution < -0.4 is 5.32 Å². The number of benzene rings is 2. The van der Waals surface area contributed by atoms with E-state index in [-0.39, 0.29) is 15.6 Å². The first-order valence-electron chi connectivity index (χ1n) is 10.5. The maximum Gasteiger partial charge on any atom is 0.338 e. The first-order chi connectivity index (χ1) is 15.1. The molecule has 1 aliphatic rings. The van der Waals surface area contributed by atoms with Gasteiger partial charge in [-0.2, -0.15) is 4.31 Å². The van der Waals surface area contributed by atoms with Crippen molar-refractivity contribution in [3.63, 3.8) is 0 Å². The number of carbonyl (C=O) groups is 2. The van der Waals surface area contributed by atoms with Crippen LogP contribution in [0.5, 0.6) is 0 Å². The van der Waals surface area contributed by atoms with Crippen LogP contribution in [0.2, 0.25) is 5.02 Å². The number of nitrogens with zero attached hydrogens (tertiary/aromatic N) is 1. The molecule has 9 heteroatoms. The predicted molar refractivity (Wildman–Crippen MR) is 123 cm³/mol. The van der Waals surface area contributed by atoms with E-state index in [4.69, 9.17) is 16.3 Å². The smallest absolute Gasteiger partial charge is 0.338 e. The summed E-state index contributed by atoms with van der Waals surface area (Å²) in [5, 5.41) is 2.76. The average molecular weight is 479 g/mol. The average Bonchev–Trinajstić information content (AvgIpc) is 2.77. The fraction of sp³-hybridized carbons (Fsp3) is 0.391. The lowest BCUT2D eigenvalue weighted by Crippen LogP contribution is -2.35. The van der Waals surface area contributed by atoms with Gasteiger partial charge in [-0.15, -0.1) is 0 Å². The molecule has 1 aliphatic heterocycles. The normalized spacial score (nSPS) is 15.8. The molecule has 3 rings (SSSR count). The summed E-state index contributed by atoms with van der Waals surface area (Å²) in [6.45, 7) is 6.20. The van der Waals surface area contributed by atoms with E-state index in [1.807, 2.05) is 19.9 Å². The van der Waals surface area contributed by atoms with Crippen molar-refractivity contribution < 1.29 is 22.7 Å². The van der Waals surface area contributed by atoms with Gasteiger partial charge in [0, 0.05) is 13.1 Å². The van der Waals surface area contributed by atoms with Crippen molar-refractivity contribution in [3.8, 4) is 0 Å². The minimum absolute atomic E-state index is 0.0545. The molecule has 0 spiro atoms. The number of carbonyl (C=O) groups excluding carboxylic acids is 2. The molecule has 0 radical (unpaired) electrons. The first kappa shape index (κ1) is 24.2. The van der Waals surface area contributed by atoms with E-state index in [2.05, 4.69) is 5.32 Å². The number of piperidine rings is 1. The Balaban J connectivity index is 1.71. The third-order valence-corrected chi connectivity index (χ3v) is 7.77. The van der Waals surface area contributed by atoms with E-state index in [9.17, 15) is 18.0 Å². The van der Waals surface area contributed by atoms with E-state index >= 15 is 0 Å². The Bertz CT molecular complexity index is 1130. The van der Waals surface area contributed by atoms with Crippen molar-refractivity contribution >= 4 is 39.2 Å². The number of ether oxygens (including phenoxy) is 1. The van der Waals surface area contributed by atoms with Crippen molar-refractivity contribution in [1.82, 2.24) is 4.31 Å². The van der Waals surface area contributed by atoms with Crippen LogP contribution in [-0.4, -0.2) is 43.8 Å². The zero-order valence-corrected chi connectivity index (χ0v) is 19.9. The fourth-order valence-corrected chi connectivity index (χ4v) is 5.11. The fourth-order valence-electron chi connectivity index (χ4n) is 3.40. The van der Waals surface area contributed by atoms with Crippen molar-refractivity contribution in [2.24, 2.45) is 0 Å². The molecule has 1 amide bonds. The summed E-state index contributed by atoms with van der Waals surface area (Å²) in [6.07, 6.45) is 1.54. The highest BCUT2D eigenvalue weighted by atomic mass is 35.5. The Morgan fingerprint density at radius 2 is 1.72 bits per heavy atom. The second kappa shape index (κ2) is 10.0. The molecule has 0 aliphatic carbocycles. The number of nitrogens with one attached hydrogen (secondary N) is 1. The summed E-state index contributed by atoms with van der Waals surface area (Å²) in [6, 6.07) is 9.34.